The zero-order valence-corrected chi connectivity index (χ0v) is 33.9. The van der Waals surface area contributed by atoms with Crippen LogP contribution in [0.15, 0.2) is 217 Å². The van der Waals surface area contributed by atoms with Crippen molar-refractivity contribution in [3.63, 3.8) is 0 Å². The number of aromatic nitrogens is 5. The highest BCUT2D eigenvalue weighted by Crippen LogP contribution is 2.38. The predicted molar refractivity (Wildman–Crippen MR) is 258 cm³/mol. The number of benzene rings is 9. The van der Waals surface area contributed by atoms with Gasteiger partial charge in [-0.25, -0.2) is 4.98 Å². The summed E-state index contributed by atoms with van der Waals surface area (Å²) in [6, 6.07) is 74.6. The molecular formula is C57H35N5O. The lowest BCUT2D eigenvalue weighted by Crippen LogP contribution is -2.06. The molecule has 0 aliphatic carbocycles. The van der Waals surface area contributed by atoms with Crippen LogP contribution in [0.1, 0.15) is 0 Å². The Kier molecular flexibility index (Phi) is 7.80. The number of fused-ring (bicyclic) bond motifs is 9. The minimum atomic E-state index is 0.541. The Bertz CT molecular complexity index is 3920. The van der Waals surface area contributed by atoms with Gasteiger partial charge in [0.15, 0.2) is 11.6 Å². The molecule has 0 spiro atoms. The summed E-state index contributed by atoms with van der Waals surface area (Å²) in [6.07, 6.45) is 0. The third-order valence-corrected chi connectivity index (χ3v) is 12.4. The van der Waals surface area contributed by atoms with E-state index in [-0.39, 0.29) is 0 Å². The number of rotatable bonds is 6. The number of para-hydroxylation sites is 4. The Morgan fingerprint density at radius 2 is 0.778 bits per heavy atom. The third kappa shape index (κ3) is 5.69. The molecule has 0 amide bonds. The first-order valence-corrected chi connectivity index (χ1v) is 21.2. The van der Waals surface area contributed by atoms with Gasteiger partial charge in [-0.05, 0) is 95.1 Å². The van der Waals surface area contributed by atoms with E-state index in [1.807, 2.05) is 24.3 Å². The fourth-order valence-corrected chi connectivity index (χ4v) is 9.43. The van der Waals surface area contributed by atoms with Gasteiger partial charge in [-0.3, -0.25) is 4.57 Å². The van der Waals surface area contributed by atoms with E-state index >= 15 is 0 Å². The Hall–Kier alpha value is -8.61. The van der Waals surface area contributed by atoms with Gasteiger partial charge in [0.05, 0.1) is 22.1 Å². The summed E-state index contributed by atoms with van der Waals surface area (Å²) >= 11 is 0. The molecule has 0 atom stereocenters. The smallest absolute Gasteiger partial charge is 0.238 e. The van der Waals surface area contributed by atoms with E-state index < -0.39 is 0 Å². The molecule has 13 aromatic rings. The van der Waals surface area contributed by atoms with Crippen LogP contribution in [0, 0.1) is 0 Å². The molecule has 0 saturated heterocycles. The second kappa shape index (κ2) is 14.0. The summed E-state index contributed by atoms with van der Waals surface area (Å²) in [5, 5.41) is 6.80. The van der Waals surface area contributed by atoms with Crippen LogP contribution >= 0.6 is 0 Å². The first-order chi connectivity index (χ1) is 31.2. The average molecular weight is 806 g/mol. The summed E-state index contributed by atoms with van der Waals surface area (Å²) in [7, 11) is 0. The fourth-order valence-electron chi connectivity index (χ4n) is 9.43. The van der Waals surface area contributed by atoms with Crippen LogP contribution in [0.5, 0.6) is 0 Å². The number of hydrogen-bond acceptors (Lipinski definition) is 4. The van der Waals surface area contributed by atoms with Crippen molar-refractivity contribution in [3.8, 4) is 56.7 Å². The number of nitrogens with zero attached hydrogens (tertiary/aromatic N) is 5. The van der Waals surface area contributed by atoms with Crippen LogP contribution in [-0.4, -0.2) is 24.1 Å². The van der Waals surface area contributed by atoms with E-state index in [4.69, 9.17) is 19.4 Å². The van der Waals surface area contributed by atoms with Crippen LogP contribution in [-0.2, 0) is 0 Å². The average Bonchev–Trinajstić information content (AvgIpc) is 4.01. The predicted octanol–water partition coefficient (Wildman–Crippen LogP) is 14.6. The van der Waals surface area contributed by atoms with E-state index in [1.165, 1.54) is 21.9 Å². The molecule has 6 nitrogen and oxygen atoms in total. The maximum Gasteiger partial charge on any atom is 0.238 e. The maximum absolute atomic E-state index is 6.37. The zero-order valence-electron chi connectivity index (χ0n) is 33.9. The van der Waals surface area contributed by atoms with Crippen LogP contribution in [0.3, 0.4) is 0 Å². The Morgan fingerprint density at radius 3 is 1.51 bits per heavy atom. The first kappa shape index (κ1) is 35.2. The molecule has 6 heteroatoms. The minimum Gasteiger partial charge on any atom is -0.456 e. The van der Waals surface area contributed by atoms with Gasteiger partial charge in [-0.1, -0.05) is 140 Å². The van der Waals surface area contributed by atoms with Crippen LogP contribution < -0.4 is 0 Å². The molecule has 0 N–H and O–H groups in total. The molecule has 294 valence electrons. The highest BCUT2D eigenvalue weighted by molar-refractivity contribution is 6.12. The van der Waals surface area contributed by atoms with Gasteiger partial charge in [0.1, 0.15) is 11.2 Å². The maximum atomic E-state index is 6.37. The molecule has 0 aliphatic heterocycles. The molecule has 0 bridgehead atoms. The van der Waals surface area contributed by atoms with Crippen molar-refractivity contribution < 1.29 is 4.42 Å². The van der Waals surface area contributed by atoms with Crippen molar-refractivity contribution in [1.29, 1.82) is 0 Å². The van der Waals surface area contributed by atoms with Gasteiger partial charge in [0.25, 0.3) is 0 Å². The van der Waals surface area contributed by atoms with E-state index in [9.17, 15) is 0 Å². The molecule has 0 unspecified atom stereocenters. The molecule has 4 aromatic heterocycles. The normalized spacial score (nSPS) is 11.8. The largest absolute Gasteiger partial charge is 0.456 e. The summed E-state index contributed by atoms with van der Waals surface area (Å²) in [6.45, 7) is 0. The summed E-state index contributed by atoms with van der Waals surface area (Å²) in [5.41, 5.74) is 13.4. The summed E-state index contributed by atoms with van der Waals surface area (Å²) in [5.74, 6) is 1.68. The van der Waals surface area contributed by atoms with Gasteiger partial charge in [-0.2, -0.15) is 9.97 Å². The van der Waals surface area contributed by atoms with Crippen LogP contribution in [0.4, 0.5) is 0 Å². The lowest BCUT2D eigenvalue weighted by Gasteiger charge is -2.12. The molecule has 13 rings (SSSR count). The molecule has 0 fully saturated rings. The second-order valence-corrected chi connectivity index (χ2v) is 16.0. The molecule has 0 saturated carbocycles. The summed E-state index contributed by atoms with van der Waals surface area (Å²) in [4.78, 5) is 15.8. The molecule has 63 heavy (non-hydrogen) atoms. The minimum absolute atomic E-state index is 0.541. The highest BCUT2D eigenvalue weighted by atomic mass is 16.3. The Balaban J connectivity index is 1.00. The van der Waals surface area contributed by atoms with Crippen molar-refractivity contribution in [2.24, 2.45) is 0 Å². The van der Waals surface area contributed by atoms with Gasteiger partial charge in [-0.15, -0.1) is 0 Å². The van der Waals surface area contributed by atoms with Gasteiger partial charge in [0.2, 0.25) is 5.95 Å². The van der Waals surface area contributed by atoms with Gasteiger partial charge in [0, 0.05) is 49.1 Å². The zero-order chi connectivity index (χ0) is 41.4. The van der Waals surface area contributed by atoms with Gasteiger partial charge >= 0.3 is 0 Å². The number of furan rings is 1. The second-order valence-electron chi connectivity index (χ2n) is 16.0. The standard InChI is InChI=1S/C57H35N5O/c1-3-14-36(15-4-1)38-27-31-52-48(33-38)44-21-8-11-24-50(44)62(52)57-59-55(58-56(60-57)41-26-29-46-45-22-9-12-25-53(45)63-54(46)35-41)40-17-13-16-37(32-40)39-28-30-51-47(34-39)43-20-7-10-23-49(43)61(51)42-18-5-2-6-19-42/h1-35H. The lowest BCUT2D eigenvalue weighted by molar-refractivity contribution is 0.669. The van der Waals surface area contributed by atoms with Crippen molar-refractivity contribution in [3.05, 3.63) is 212 Å². The fraction of sp³-hybridized carbons (Fsp3) is 0. The van der Waals surface area contributed by atoms with Crippen molar-refractivity contribution in [2.75, 3.05) is 0 Å². The lowest BCUT2D eigenvalue weighted by atomic mass is 10.0. The Morgan fingerprint density at radius 1 is 0.286 bits per heavy atom. The van der Waals surface area contributed by atoms with E-state index in [1.54, 1.807) is 0 Å². The highest BCUT2D eigenvalue weighted by Gasteiger charge is 2.20. The topological polar surface area (TPSA) is 61.7 Å². The first-order valence-electron chi connectivity index (χ1n) is 21.2. The van der Waals surface area contributed by atoms with Gasteiger partial charge < -0.3 is 8.98 Å². The van der Waals surface area contributed by atoms with E-state index in [0.29, 0.717) is 17.6 Å². The van der Waals surface area contributed by atoms with E-state index in [2.05, 4.69) is 197 Å². The van der Waals surface area contributed by atoms with Crippen molar-refractivity contribution in [2.45, 2.75) is 0 Å². The molecule has 0 radical (unpaired) electrons. The molecule has 0 aliphatic rings. The summed E-state index contributed by atoms with van der Waals surface area (Å²) < 4.78 is 10.9. The van der Waals surface area contributed by atoms with Crippen LogP contribution in [0.2, 0.25) is 0 Å². The molecular weight excluding hydrogens is 771 g/mol. The van der Waals surface area contributed by atoms with Crippen LogP contribution in [0.25, 0.3) is 122 Å². The van der Waals surface area contributed by atoms with E-state index in [0.717, 1.165) is 82.8 Å². The van der Waals surface area contributed by atoms with Crippen molar-refractivity contribution >= 4 is 65.6 Å². The molecule has 9 aromatic carbocycles. The number of hydrogen-bond donors (Lipinski definition) is 0. The van der Waals surface area contributed by atoms with Crippen molar-refractivity contribution in [1.82, 2.24) is 24.1 Å². The quantitative estimate of drug-likeness (QED) is 0.168. The monoisotopic (exact) mass is 805 g/mol. The SMILES string of the molecule is c1ccc(-c2ccc3c(c2)c2ccccc2n3-c2nc(-c3cccc(-c4ccc5c(c4)c4ccccc4n5-c4ccccc4)c3)nc(-c3ccc4c(c3)oc3ccccc34)n2)cc1. The Labute approximate surface area is 361 Å². The molecule has 4 heterocycles. The third-order valence-electron chi connectivity index (χ3n) is 12.4.